The van der Waals surface area contributed by atoms with Gasteiger partial charge in [-0.25, -0.2) is 4.39 Å². The second-order valence-electron chi connectivity index (χ2n) is 4.93. The molecule has 114 valence electrons. The summed E-state index contributed by atoms with van der Waals surface area (Å²) in [5, 5.41) is 0.182. The third-order valence-corrected chi connectivity index (χ3v) is 3.99. The summed E-state index contributed by atoms with van der Waals surface area (Å²) < 4.78 is 18.9. The Morgan fingerprint density at radius 1 is 1.52 bits per heavy atom. The zero-order valence-electron chi connectivity index (χ0n) is 11.5. The molecule has 1 heterocycles. The molecule has 1 fully saturated rings. The van der Waals surface area contributed by atoms with Crippen molar-refractivity contribution in [3.63, 3.8) is 0 Å². The minimum Gasteiger partial charge on any atom is -0.380 e. The number of nitrogens with zero attached hydrogens (tertiary/aromatic N) is 1. The molecular weight excluding hydrogens is 299 g/mol. The number of hydrogen-bond donors (Lipinski definition) is 1. The molecule has 0 bridgehead atoms. The normalized spacial score (nSPS) is 21.6. The van der Waals surface area contributed by atoms with Gasteiger partial charge in [-0.1, -0.05) is 17.7 Å². The van der Waals surface area contributed by atoms with Crippen LogP contribution < -0.4 is 5.73 Å². The van der Waals surface area contributed by atoms with Crippen LogP contribution in [0.4, 0.5) is 4.39 Å². The van der Waals surface area contributed by atoms with E-state index in [0.29, 0.717) is 6.42 Å². The van der Waals surface area contributed by atoms with Crippen LogP contribution in [0, 0.1) is 5.82 Å². The minimum atomic E-state index is -0.729. The third kappa shape index (κ3) is 3.33. The summed E-state index contributed by atoms with van der Waals surface area (Å²) >= 11 is 5.91. The molecule has 0 aliphatic carbocycles. The number of carbonyl (C=O) groups is 2. The molecule has 5 nitrogen and oxygen atoms in total. The molecule has 7 heteroatoms. The van der Waals surface area contributed by atoms with Crippen molar-refractivity contribution in [2.45, 2.75) is 25.0 Å². The molecule has 1 saturated heterocycles. The average Bonchev–Trinajstić information content (AvgIpc) is 2.87. The lowest BCUT2D eigenvalue weighted by atomic mass is 10.1. The second-order valence-corrected chi connectivity index (χ2v) is 5.34. The smallest absolute Gasteiger partial charge is 0.240 e. The van der Waals surface area contributed by atoms with Crippen molar-refractivity contribution in [2.75, 3.05) is 13.7 Å². The Balaban J connectivity index is 2.17. The van der Waals surface area contributed by atoms with E-state index in [-0.39, 0.29) is 29.7 Å². The van der Waals surface area contributed by atoms with E-state index in [1.807, 2.05) is 0 Å². The summed E-state index contributed by atoms with van der Waals surface area (Å²) in [7, 11) is 1.50. The van der Waals surface area contributed by atoms with Crippen LogP contribution in [0.2, 0.25) is 5.02 Å². The molecule has 1 aromatic carbocycles. The third-order valence-electron chi connectivity index (χ3n) is 3.63. The van der Waals surface area contributed by atoms with Gasteiger partial charge in [0, 0.05) is 30.7 Å². The Labute approximate surface area is 126 Å². The summed E-state index contributed by atoms with van der Waals surface area (Å²) in [5.74, 6) is -1.54. The van der Waals surface area contributed by atoms with Gasteiger partial charge in [0.2, 0.25) is 11.8 Å². The highest BCUT2D eigenvalue weighted by Crippen LogP contribution is 2.24. The predicted octanol–water partition coefficient (Wildman–Crippen LogP) is 1.12. The Bertz CT molecular complexity index is 547. The standard InChI is InChI=1S/C14H16ClFN2O3/c1-21-8-5-12(14(17)20)18(7-8)13(19)6-9-10(15)3-2-4-11(9)16/h2-4,8,12H,5-7H2,1H3,(H2,17,20)/t8-,12-/m0/s1. The molecule has 2 amide bonds. The van der Waals surface area contributed by atoms with Gasteiger partial charge < -0.3 is 15.4 Å². The summed E-state index contributed by atoms with van der Waals surface area (Å²) in [4.78, 5) is 25.1. The number of carbonyl (C=O) groups excluding carboxylic acids is 2. The van der Waals surface area contributed by atoms with Crippen LogP contribution in [-0.2, 0) is 20.7 Å². The molecule has 0 spiro atoms. The summed E-state index contributed by atoms with van der Waals surface area (Å²) in [5.41, 5.74) is 5.43. The first-order valence-corrected chi connectivity index (χ1v) is 6.86. The average molecular weight is 315 g/mol. The molecule has 1 aliphatic heterocycles. The molecule has 2 N–H and O–H groups in total. The number of amides is 2. The Kier molecular flexibility index (Phi) is 4.80. The van der Waals surface area contributed by atoms with Gasteiger partial charge in [0.15, 0.2) is 0 Å². The molecule has 21 heavy (non-hydrogen) atoms. The van der Waals surface area contributed by atoms with Crippen molar-refractivity contribution in [2.24, 2.45) is 5.73 Å². The molecule has 0 aromatic heterocycles. The Morgan fingerprint density at radius 2 is 2.24 bits per heavy atom. The Morgan fingerprint density at radius 3 is 2.81 bits per heavy atom. The number of likely N-dealkylation sites (tertiary alicyclic amines) is 1. The first-order valence-electron chi connectivity index (χ1n) is 6.48. The molecule has 1 aliphatic rings. The predicted molar refractivity (Wildman–Crippen MR) is 75.2 cm³/mol. The highest BCUT2D eigenvalue weighted by Gasteiger charge is 2.38. The van der Waals surface area contributed by atoms with Gasteiger partial charge in [-0.15, -0.1) is 0 Å². The first kappa shape index (κ1) is 15.7. The lowest BCUT2D eigenvalue weighted by molar-refractivity contribution is -0.136. The van der Waals surface area contributed by atoms with Crippen LogP contribution in [-0.4, -0.2) is 42.5 Å². The van der Waals surface area contributed by atoms with Gasteiger partial charge in [0.05, 0.1) is 12.5 Å². The number of halogens is 2. The first-order chi connectivity index (χ1) is 9.93. The molecule has 2 rings (SSSR count). The number of methoxy groups -OCH3 is 1. The molecule has 0 radical (unpaired) electrons. The fourth-order valence-electron chi connectivity index (χ4n) is 2.47. The van der Waals surface area contributed by atoms with E-state index in [0.717, 1.165) is 0 Å². The van der Waals surface area contributed by atoms with Gasteiger partial charge in [-0.3, -0.25) is 9.59 Å². The number of benzene rings is 1. The van der Waals surface area contributed by atoms with Crippen molar-refractivity contribution in [3.05, 3.63) is 34.6 Å². The maximum Gasteiger partial charge on any atom is 0.240 e. The maximum absolute atomic E-state index is 13.7. The van der Waals surface area contributed by atoms with Crippen LogP contribution in [0.1, 0.15) is 12.0 Å². The second kappa shape index (κ2) is 6.41. The van der Waals surface area contributed by atoms with E-state index in [4.69, 9.17) is 22.1 Å². The van der Waals surface area contributed by atoms with Crippen molar-refractivity contribution in [3.8, 4) is 0 Å². The van der Waals surface area contributed by atoms with Crippen LogP contribution in [0.5, 0.6) is 0 Å². The van der Waals surface area contributed by atoms with E-state index < -0.39 is 23.7 Å². The summed E-state index contributed by atoms with van der Waals surface area (Å²) in [6.45, 7) is 0.259. The highest BCUT2D eigenvalue weighted by molar-refractivity contribution is 6.31. The summed E-state index contributed by atoms with van der Waals surface area (Å²) in [6, 6.07) is 3.49. The van der Waals surface area contributed by atoms with Gasteiger partial charge in [-0.2, -0.15) is 0 Å². The molecule has 2 atom stereocenters. The number of rotatable bonds is 4. The van der Waals surface area contributed by atoms with Gasteiger partial charge in [-0.05, 0) is 12.1 Å². The van der Waals surface area contributed by atoms with Gasteiger partial charge in [0.1, 0.15) is 11.9 Å². The molecule has 0 saturated carbocycles. The van der Waals surface area contributed by atoms with E-state index >= 15 is 0 Å². The SMILES string of the molecule is CO[C@H]1C[C@@H](C(N)=O)N(C(=O)Cc2c(F)cccc2Cl)C1. The Hall–Kier alpha value is -1.66. The number of ether oxygens (including phenoxy) is 1. The number of hydrogen-bond acceptors (Lipinski definition) is 3. The van der Waals surface area contributed by atoms with E-state index in [1.54, 1.807) is 0 Å². The fraction of sp³-hybridized carbons (Fsp3) is 0.429. The van der Waals surface area contributed by atoms with E-state index in [1.165, 1.54) is 30.2 Å². The largest absolute Gasteiger partial charge is 0.380 e. The zero-order chi connectivity index (χ0) is 15.6. The van der Waals surface area contributed by atoms with Crippen LogP contribution >= 0.6 is 11.6 Å². The van der Waals surface area contributed by atoms with Crippen molar-refractivity contribution in [1.82, 2.24) is 4.90 Å². The maximum atomic E-state index is 13.7. The monoisotopic (exact) mass is 314 g/mol. The topological polar surface area (TPSA) is 72.6 Å². The molecule has 1 aromatic rings. The van der Waals surface area contributed by atoms with Crippen molar-refractivity contribution in [1.29, 1.82) is 0 Å². The molecule has 0 unspecified atom stereocenters. The number of nitrogens with two attached hydrogens (primary N) is 1. The fourth-order valence-corrected chi connectivity index (χ4v) is 2.70. The van der Waals surface area contributed by atoms with Crippen LogP contribution in [0.15, 0.2) is 18.2 Å². The zero-order valence-corrected chi connectivity index (χ0v) is 12.3. The van der Waals surface area contributed by atoms with Crippen molar-refractivity contribution < 1.29 is 18.7 Å². The van der Waals surface area contributed by atoms with E-state index in [2.05, 4.69) is 0 Å². The number of primary amides is 1. The minimum absolute atomic E-state index is 0.119. The molecular formula is C14H16ClFN2O3. The van der Waals surface area contributed by atoms with Crippen LogP contribution in [0.25, 0.3) is 0 Å². The van der Waals surface area contributed by atoms with Crippen LogP contribution in [0.3, 0.4) is 0 Å². The van der Waals surface area contributed by atoms with Gasteiger partial charge in [0.25, 0.3) is 0 Å². The lowest BCUT2D eigenvalue weighted by Gasteiger charge is -2.22. The van der Waals surface area contributed by atoms with Gasteiger partial charge >= 0.3 is 0 Å². The quantitative estimate of drug-likeness (QED) is 0.905. The highest BCUT2D eigenvalue weighted by atomic mass is 35.5. The van der Waals surface area contributed by atoms with E-state index in [9.17, 15) is 14.0 Å². The summed E-state index contributed by atoms with van der Waals surface area (Å²) in [6.07, 6.45) is -0.114. The van der Waals surface area contributed by atoms with Crippen molar-refractivity contribution >= 4 is 23.4 Å². The lowest BCUT2D eigenvalue weighted by Crippen LogP contribution is -2.44.